The van der Waals surface area contributed by atoms with Gasteiger partial charge in [0.15, 0.2) is 12.4 Å². The highest BCUT2D eigenvalue weighted by Gasteiger charge is 2.22. The lowest BCUT2D eigenvalue weighted by atomic mass is 10.0. The van der Waals surface area contributed by atoms with E-state index in [1.54, 1.807) is 0 Å². The lowest BCUT2D eigenvalue weighted by molar-refractivity contribution is -0.870. The summed E-state index contributed by atoms with van der Waals surface area (Å²) < 4.78 is 22.9. The maximum absolute atomic E-state index is 13.0. The third kappa shape index (κ3) is 83.9. The molecule has 0 aliphatic carbocycles. The largest absolute Gasteiger partial charge is 0.545 e. The Morgan fingerprint density at radius 3 is 0.851 bits per heavy atom. The van der Waals surface area contributed by atoms with E-state index in [2.05, 4.69) is 86.8 Å². The number of rotatable bonds is 83. The second-order valence-corrected chi connectivity index (χ2v) is 31.2. The Bertz CT molecular complexity index is 1900. The first kappa shape index (κ1) is 97.7. The van der Waals surface area contributed by atoms with E-state index in [0.717, 1.165) is 70.6 Å². The van der Waals surface area contributed by atoms with Crippen LogP contribution >= 0.6 is 0 Å². The number of carboxylic acids is 1. The number of ether oxygens (including phenoxy) is 4. The van der Waals surface area contributed by atoms with Crippen LogP contribution in [0.2, 0.25) is 0 Å². The molecular weight excluding hydrogens is 1250 g/mol. The number of hydrogen-bond acceptors (Lipinski definition) is 8. The number of carbonyl (C=O) groups excluding carboxylic acids is 3. The van der Waals surface area contributed by atoms with E-state index < -0.39 is 24.3 Å². The molecule has 0 aromatic heterocycles. The van der Waals surface area contributed by atoms with Gasteiger partial charge in [-0.2, -0.15) is 0 Å². The van der Waals surface area contributed by atoms with E-state index in [9.17, 15) is 19.5 Å². The molecule has 0 rings (SSSR count). The number of nitrogens with zero attached hydrogens (tertiary/aromatic N) is 1. The standard InChI is InChI=1S/C92H169NO8/c1-6-8-10-12-14-16-18-20-22-24-26-28-30-32-34-36-38-40-42-43-44-45-46-47-49-51-53-55-57-59-61-63-65-67-69-71-73-75-77-79-81-83-90(95)101-88(87-100-92(91(96)97)98-85-84-93(3,4)5)86-99-89(94)82-80-78-76-74-72-70-68-66-64-62-60-58-56-54-52-50-48-41-39-37-35-33-31-29-27-25-23-21-19-17-15-13-11-9-7-2/h8,10,14,16,20,22,25-28,32,34,88,92H,6-7,9,11-13,15,17-19,21,23-24,29-31,33,35-87H2,1-5H3/b10-8-,16-14-,22-20-,27-25-,28-26-,34-32-. The Morgan fingerprint density at radius 1 is 0.307 bits per heavy atom. The molecule has 0 N–H and O–H groups in total. The highest BCUT2D eigenvalue weighted by Crippen LogP contribution is 2.20. The summed E-state index contributed by atoms with van der Waals surface area (Å²) in [5.41, 5.74) is 0. The molecule has 0 bridgehead atoms. The number of carbonyl (C=O) groups is 3. The van der Waals surface area contributed by atoms with Gasteiger partial charge in [0.2, 0.25) is 0 Å². The number of likely N-dealkylation sites (N-methyl/N-ethyl adjacent to an activating group) is 1. The quantitative estimate of drug-likeness (QED) is 0.0195. The maximum Gasteiger partial charge on any atom is 0.306 e. The molecule has 0 fully saturated rings. The molecule has 0 saturated carbocycles. The normalized spacial score (nSPS) is 12.9. The van der Waals surface area contributed by atoms with E-state index in [4.69, 9.17) is 18.9 Å². The van der Waals surface area contributed by atoms with Gasteiger partial charge in [-0.05, 0) is 83.5 Å². The molecule has 590 valence electrons. The van der Waals surface area contributed by atoms with Crippen molar-refractivity contribution >= 4 is 17.9 Å². The van der Waals surface area contributed by atoms with Crippen molar-refractivity contribution in [2.45, 2.75) is 450 Å². The van der Waals surface area contributed by atoms with Crippen molar-refractivity contribution in [1.29, 1.82) is 0 Å². The average Bonchev–Trinajstić information content (AvgIpc) is 1.21. The van der Waals surface area contributed by atoms with Gasteiger partial charge in [0.1, 0.15) is 13.2 Å². The summed E-state index contributed by atoms with van der Waals surface area (Å²) in [6.07, 6.45) is 109. The molecule has 2 atom stereocenters. The zero-order valence-corrected chi connectivity index (χ0v) is 67.8. The highest BCUT2D eigenvalue weighted by atomic mass is 16.7. The maximum atomic E-state index is 13.0. The second-order valence-electron chi connectivity index (χ2n) is 31.2. The molecule has 0 aromatic rings. The molecule has 0 aliphatic rings. The summed E-state index contributed by atoms with van der Waals surface area (Å²) in [6.45, 7) is 4.71. The van der Waals surface area contributed by atoms with E-state index in [1.165, 1.54) is 340 Å². The zero-order valence-electron chi connectivity index (χ0n) is 67.8. The topological polar surface area (TPSA) is 111 Å². The average molecular weight is 1420 g/mol. The van der Waals surface area contributed by atoms with Gasteiger partial charge in [0.05, 0.1) is 40.3 Å². The second kappa shape index (κ2) is 82.4. The molecule has 0 radical (unpaired) electrons. The van der Waals surface area contributed by atoms with Gasteiger partial charge in [0, 0.05) is 12.8 Å². The lowest BCUT2D eigenvalue weighted by Gasteiger charge is -2.26. The minimum atomic E-state index is -1.62. The Hall–Kier alpha value is -3.27. The molecule has 101 heavy (non-hydrogen) atoms. The van der Waals surface area contributed by atoms with Gasteiger partial charge < -0.3 is 33.3 Å². The summed E-state index contributed by atoms with van der Waals surface area (Å²) in [7, 11) is 5.96. The molecule has 0 amide bonds. The summed E-state index contributed by atoms with van der Waals surface area (Å²) in [5, 5.41) is 11.9. The first-order valence-corrected chi connectivity index (χ1v) is 44.1. The van der Waals surface area contributed by atoms with E-state index >= 15 is 0 Å². The number of hydrogen-bond donors (Lipinski definition) is 0. The van der Waals surface area contributed by atoms with E-state index in [1.807, 2.05) is 21.1 Å². The summed E-state index contributed by atoms with van der Waals surface area (Å²) in [5.74, 6) is -2.25. The summed E-state index contributed by atoms with van der Waals surface area (Å²) in [4.78, 5) is 37.7. The number of allylic oxidation sites excluding steroid dienone is 12. The van der Waals surface area contributed by atoms with Crippen molar-refractivity contribution in [2.24, 2.45) is 0 Å². The van der Waals surface area contributed by atoms with Crippen LogP contribution in [-0.4, -0.2) is 82.3 Å². The monoisotopic (exact) mass is 1420 g/mol. The van der Waals surface area contributed by atoms with Gasteiger partial charge in [-0.25, -0.2) is 0 Å². The van der Waals surface area contributed by atoms with Crippen molar-refractivity contribution in [2.75, 3.05) is 47.5 Å². The van der Waals surface area contributed by atoms with Crippen LogP contribution < -0.4 is 5.11 Å². The van der Waals surface area contributed by atoms with Crippen LogP contribution in [0.3, 0.4) is 0 Å². The molecule has 0 spiro atoms. The van der Waals surface area contributed by atoms with Crippen LogP contribution in [-0.2, 0) is 33.3 Å². The molecule has 9 nitrogen and oxygen atoms in total. The van der Waals surface area contributed by atoms with Gasteiger partial charge in [-0.1, -0.05) is 414 Å². The number of carboxylic acid groups (broad SMARTS) is 1. The van der Waals surface area contributed by atoms with Gasteiger partial charge in [-0.15, -0.1) is 0 Å². The SMILES string of the molecule is CC/C=C\C/C=C\C/C=C\C/C=C\C/C=C\CCCCCCCCCCCCCCCCCCCCCCCCCCCC(=O)OC(COC(=O)CCCCCCCCCCCCCCCCCCCCCCCCC/C=C\CCCCCCCCCC)COC(OCC[N+](C)(C)C)C(=O)[O-]. The molecular formula is C92H169NO8. The van der Waals surface area contributed by atoms with Crippen molar-refractivity contribution in [3.63, 3.8) is 0 Å². The Balaban J connectivity index is 3.91. The van der Waals surface area contributed by atoms with Crippen molar-refractivity contribution in [3.05, 3.63) is 72.9 Å². The van der Waals surface area contributed by atoms with Crippen LogP contribution in [0.15, 0.2) is 72.9 Å². The summed E-state index contributed by atoms with van der Waals surface area (Å²) >= 11 is 0. The molecule has 0 heterocycles. The van der Waals surface area contributed by atoms with Crippen LogP contribution in [0.5, 0.6) is 0 Å². The van der Waals surface area contributed by atoms with Crippen molar-refractivity contribution in [3.8, 4) is 0 Å². The summed E-state index contributed by atoms with van der Waals surface area (Å²) in [6, 6.07) is 0. The first-order valence-electron chi connectivity index (χ1n) is 44.1. The third-order valence-corrected chi connectivity index (χ3v) is 19.9. The predicted octanol–water partition coefficient (Wildman–Crippen LogP) is 27.4. The minimum absolute atomic E-state index is 0.150. The van der Waals surface area contributed by atoms with Gasteiger partial charge >= 0.3 is 11.9 Å². The van der Waals surface area contributed by atoms with Crippen LogP contribution in [0.4, 0.5) is 0 Å². The third-order valence-electron chi connectivity index (χ3n) is 19.9. The molecule has 2 unspecified atom stereocenters. The predicted molar refractivity (Wildman–Crippen MR) is 435 cm³/mol. The number of esters is 2. The van der Waals surface area contributed by atoms with Crippen molar-refractivity contribution in [1.82, 2.24) is 0 Å². The zero-order chi connectivity index (χ0) is 73.2. The van der Waals surface area contributed by atoms with Crippen LogP contribution in [0.1, 0.15) is 438 Å². The number of aliphatic carboxylic acids is 1. The molecule has 9 heteroatoms. The Morgan fingerprint density at radius 2 is 0.564 bits per heavy atom. The fraction of sp³-hybridized carbons (Fsp3) is 0.837. The fourth-order valence-corrected chi connectivity index (χ4v) is 13.3. The van der Waals surface area contributed by atoms with Crippen LogP contribution in [0, 0.1) is 0 Å². The molecule has 0 aliphatic heterocycles. The fourth-order valence-electron chi connectivity index (χ4n) is 13.3. The lowest BCUT2D eigenvalue weighted by Crippen LogP contribution is -2.44. The molecule has 0 saturated heterocycles. The molecule has 0 aromatic carbocycles. The first-order chi connectivity index (χ1) is 49.6. The number of unbranched alkanes of at least 4 members (excludes halogenated alkanes) is 56. The minimum Gasteiger partial charge on any atom is -0.545 e. The van der Waals surface area contributed by atoms with Crippen LogP contribution in [0.25, 0.3) is 0 Å². The smallest absolute Gasteiger partial charge is 0.306 e. The van der Waals surface area contributed by atoms with E-state index in [0.29, 0.717) is 17.4 Å². The number of quaternary nitrogens is 1. The highest BCUT2D eigenvalue weighted by molar-refractivity contribution is 5.70. The Kier molecular flexibility index (Phi) is 79.7. The Labute approximate surface area is 628 Å². The van der Waals surface area contributed by atoms with Gasteiger partial charge in [-0.3, -0.25) is 9.59 Å². The van der Waals surface area contributed by atoms with Gasteiger partial charge in [0.25, 0.3) is 0 Å². The van der Waals surface area contributed by atoms with Crippen molar-refractivity contribution < 1.29 is 42.9 Å². The van der Waals surface area contributed by atoms with E-state index in [-0.39, 0.29) is 32.2 Å².